The van der Waals surface area contributed by atoms with Crippen molar-refractivity contribution in [3.63, 3.8) is 0 Å². The van der Waals surface area contributed by atoms with Gasteiger partial charge in [0.15, 0.2) is 0 Å². The van der Waals surface area contributed by atoms with E-state index in [2.05, 4.69) is 18.7 Å². The van der Waals surface area contributed by atoms with Gasteiger partial charge in [0.1, 0.15) is 0 Å². The summed E-state index contributed by atoms with van der Waals surface area (Å²) < 4.78 is 5.50. The number of amidine groups is 1. The second-order valence-electron chi connectivity index (χ2n) is 11.8. The van der Waals surface area contributed by atoms with Crippen LogP contribution >= 0.6 is 0 Å². The number of unbranched alkanes of at least 4 members (excludes halogenated alkanes) is 21. The van der Waals surface area contributed by atoms with Crippen molar-refractivity contribution in [3.8, 4) is 0 Å². The highest BCUT2D eigenvalue weighted by atomic mass is 16.5. The minimum absolute atomic E-state index is 0.00673. The smallest absolute Gasteiger partial charge is 0.305 e. The fourth-order valence-corrected chi connectivity index (χ4v) is 5.58. The maximum Gasteiger partial charge on any atom is 0.305 e. The third-order valence-electron chi connectivity index (χ3n) is 8.10. The third kappa shape index (κ3) is 21.8. The van der Waals surface area contributed by atoms with Crippen LogP contribution in [0.3, 0.4) is 0 Å². The van der Waals surface area contributed by atoms with E-state index in [9.17, 15) is 4.79 Å². The van der Waals surface area contributed by atoms with Gasteiger partial charge in [-0.25, -0.2) is 0 Å². The second kappa shape index (κ2) is 27.5. The van der Waals surface area contributed by atoms with Crippen molar-refractivity contribution in [1.29, 1.82) is 0 Å². The SMILES string of the molecule is CCCCCCCCCCCCCCC1=NCCN1CCCOC(=O)CCCCCCCCCCCCC. The van der Waals surface area contributed by atoms with Crippen LogP contribution < -0.4 is 0 Å². The van der Waals surface area contributed by atoms with Crippen LogP contribution in [0.15, 0.2) is 4.99 Å². The van der Waals surface area contributed by atoms with Crippen LogP contribution in [-0.2, 0) is 9.53 Å². The van der Waals surface area contributed by atoms with Crippen LogP contribution in [0.25, 0.3) is 0 Å². The lowest BCUT2D eigenvalue weighted by Crippen LogP contribution is -2.29. The van der Waals surface area contributed by atoms with E-state index in [0.29, 0.717) is 13.0 Å². The van der Waals surface area contributed by atoms with Gasteiger partial charge in [-0.1, -0.05) is 149 Å². The molecule has 0 atom stereocenters. The standard InChI is InChI=1S/C34H66N2O2/c1-3-5-7-9-11-13-15-17-18-20-22-24-27-33-35-29-31-36(33)30-26-32-38-34(37)28-25-23-21-19-16-14-12-10-8-6-4-2/h3-32H2,1-2H3. The van der Waals surface area contributed by atoms with Crippen LogP contribution in [0.1, 0.15) is 181 Å². The third-order valence-corrected chi connectivity index (χ3v) is 8.10. The average Bonchev–Trinajstić information content (AvgIpc) is 3.37. The summed E-state index contributed by atoms with van der Waals surface area (Å²) in [5.41, 5.74) is 0. The topological polar surface area (TPSA) is 41.9 Å². The van der Waals surface area contributed by atoms with E-state index >= 15 is 0 Å². The molecule has 0 amide bonds. The highest BCUT2D eigenvalue weighted by Crippen LogP contribution is 2.15. The number of carbonyl (C=O) groups is 1. The van der Waals surface area contributed by atoms with E-state index in [1.54, 1.807) is 0 Å². The Kier molecular flexibility index (Phi) is 25.3. The lowest BCUT2D eigenvalue weighted by molar-refractivity contribution is -0.143. The molecule has 0 bridgehead atoms. The number of hydrogen-bond donors (Lipinski definition) is 0. The highest BCUT2D eigenvalue weighted by molar-refractivity contribution is 5.83. The molecule has 0 aromatic carbocycles. The van der Waals surface area contributed by atoms with Crippen molar-refractivity contribution < 1.29 is 9.53 Å². The Labute approximate surface area is 238 Å². The van der Waals surface area contributed by atoms with Gasteiger partial charge < -0.3 is 9.64 Å². The number of carbonyl (C=O) groups excluding carboxylic acids is 1. The minimum atomic E-state index is -0.00673. The van der Waals surface area contributed by atoms with Gasteiger partial charge in [-0.05, 0) is 19.3 Å². The number of aliphatic imine (C=N–C) groups is 1. The summed E-state index contributed by atoms with van der Waals surface area (Å²) in [5, 5.41) is 0. The van der Waals surface area contributed by atoms with Crippen LogP contribution in [0.2, 0.25) is 0 Å². The molecular weight excluding hydrogens is 468 g/mol. The Bertz CT molecular complexity index is 549. The predicted octanol–water partition coefficient (Wildman–Crippen LogP) is 10.4. The van der Waals surface area contributed by atoms with Gasteiger partial charge in [0.2, 0.25) is 0 Å². The van der Waals surface area contributed by atoms with Crippen molar-refractivity contribution in [2.24, 2.45) is 4.99 Å². The van der Waals surface area contributed by atoms with E-state index in [0.717, 1.165) is 45.3 Å². The van der Waals surface area contributed by atoms with Gasteiger partial charge in [-0.3, -0.25) is 9.79 Å². The number of rotatable bonds is 29. The molecule has 0 aliphatic carbocycles. The van der Waals surface area contributed by atoms with E-state index in [1.165, 1.54) is 141 Å². The normalized spacial score (nSPS) is 13.3. The van der Waals surface area contributed by atoms with Gasteiger partial charge in [-0.15, -0.1) is 0 Å². The van der Waals surface area contributed by atoms with E-state index in [-0.39, 0.29) is 5.97 Å². The van der Waals surface area contributed by atoms with Crippen molar-refractivity contribution in [2.75, 3.05) is 26.2 Å². The molecule has 1 heterocycles. The summed E-state index contributed by atoms with van der Waals surface area (Å²) in [4.78, 5) is 19.2. The van der Waals surface area contributed by atoms with E-state index in [4.69, 9.17) is 9.73 Å². The Morgan fingerprint density at radius 3 is 1.58 bits per heavy atom. The molecule has 1 aliphatic rings. The summed E-state index contributed by atoms with van der Waals surface area (Å²) in [6.07, 6.45) is 33.8. The number of esters is 1. The molecule has 0 saturated carbocycles. The maximum atomic E-state index is 12.0. The summed E-state index contributed by atoms with van der Waals surface area (Å²) in [7, 11) is 0. The monoisotopic (exact) mass is 535 g/mol. The van der Waals surface area contributed by atoms with Gasteiger partial charge in [0, 0.05) is 25.9 Å². The molecule has 38 heavy (non-hydrogen) atoms. The van der Waals surface area contributed by atoms with E-state index in [1.807, 2.05) is 0 Å². The molecule has 0 aromatic rings. The van der Waals surface area contributed by atoms with Gasteiger partial charge >= 0.3 is 5.97 Å². The first-order valence-electron chi connectivity index (χ1n) is 17.2. The van der Waals surface area contributed by atoms with Crippen LogP contribution in [0, 0.1) is 0 Å². The zero-order valence-corrected chi connectivity index (χ0v) is 25.9. The average molecular weight is 535 g/mol. The molecule has 1 aliphatic heterocycles. The molecule has 4 nitrogen and oxygen atoms in total. The summed E-state index contributed by atoms with van der Waals surface area (Å²) in [5.74, 6) is 1.29. The Morgan fingerprint density at radius 2 is 1.08 bits per heavy atom. The molecule has 0 radical (unpaired) electrons. The second-order valence-corrected chi connectivity index (χ2v) is 11.8. The van der Waals surface area contributed by atoms with Crippen LogP contribution in [0.4, 0.5) is 0 Å². The molecule has 1 rings (SSSR count). The van der Waals surface area contributed by atoms with Crippen LogP contribution in [0.5, 0.6) is 0 Å². The first-order valence-corrected chi connectivity index (χ1v) is 17.2. The first kappa shape index (κ1) is 35.0. The van der Waals surface area contributed by atoms with Gasteiger partial charge in [0.05, 0.1) is 19.0 Å². The number of nitrogens with zero attached hydrogens (tertiary/aromatic N) is 2. The van der Waals surface area contributed by atoms with Gasteiger partial charge in [-0.2, -0.15) is 0 Å². The lowest BCUT2D eigenvalue weighted by atomic mass is 10.0. The molecule has 0 saturated heterocycles. The Hall–Kier alpha value is -1.06. The fraction of sp³-hybridized carbons (Fsp3) is 0.941. The quantitative estimate of drug-likeness (QED) is 0.0708. The molecule has 224 valence electrons. The predicted molar refractivity (Wildman–Crippen MR) is 166 cm³/mol. The Morgan fingerprint density at radius 1 is 0.632 bits per heavy atom. The number of hydrogen-bond acceptors (Lipinski definition) is 4. The van der Waals surface area contributed by atoms with Crippen molar-refractivity contribution >= 4 is 11.8 Å². The molecule has 0 aromatic heterocycles. The summed E-state index contributed by atoms with van der Waals surface area (Å²) >= 11 is 0. The molecule has 0 fully saturated rings. The zero-order chi connectivity index (χ0) is 27.4. The molecular formula is C34H66N2O2. The maximum absolute atomic E-state index is 12.0. The minimum Gasteiger partial charge on any atom is -0.466 e. The molecule has 0 spiro atoms. The molecule has 0 unspecified atom stereocenters. The summed E-state index contributed by atoms with van der Waals surface area (Å²) in [6.45, 7) is 8.07. The van der Waals surface area contributed by atoms with E-state index < -0.39 is 0 Å². The summed E-state index contributed by atoms with van der Waals surface area (Å²) in [6, 6.07) is 0. The van der Waals surface area contributed by atoms with Crippen molar-refractivity contribution in [3.05, 3.63) is 0 Å². The van der Waals surface area contributed by atoms with Crippen molar-refractivity contribution in [2.45, 2.75) is 181 Å². The first-order chi connectivity index (χ1) is 18.8. The zero-order valence-electron chi connectivity index (χ0n) is 25.9. The molecule has 0 N–H and O–H groups in total. The highest BCUT2D eigenvalue weighted by Gasteiger charge is 2.16. The van der Waals surface area contributed by atoms with Gasteiger partial charge in [0.25, 0.3) is 0 Å². The Balaban J connectivity index is 1.88. The number of ether oxygens (including phenoxy) is 1. The fourth-order valence-electron chi connectivity index (χ4n) is 5.58. The van der Waals surface area contributed by atoms with Crippen molar-refractivity contribution in [1.82, 2.24) is 4.90 Å². The molecule has 4 heteroatoms. The lowest BCUT2D eigenvalue weighted by Gasteiger charge is -2.20. The van der Waals surface area contributed by atoms with Crippen LogP contribution in [-0.4, -0.2) is 42.9 Å². The largest absolute Gasteiger partial charge is 0.466 e.